The highest BCUT2D eigenvalue weighted by molar-refractivity contribution is 4.94. The second-order valence-corrected chi connectivity index (χ2v) is 2.88. The molecule has 0 unspecified atom stereocenters. The van der Waals surface area contributed by atoms with Gasteiger partial charge in [0.15, 0.2) is 0 Å². The molecule has 0 bridgehead atoms. The number of nitrogens with one attached hydrogen (secondary N) is 1. The minimum absolute atomic E-state index is 0.444. The van der Waals surface area contributed by atoms with Gasteiger partial charge in [-0.1, -0.05) is 12.8 Å². The first-order valence-corrected chi connectivity index (χ1v) is 3.30. The fourth-order valence-electron chi connectivity index (χ4n) is 1.57. The molecule has 1 saturated heterocycles. The standard InChI is InChI=1S/C6H11NO/c1-2-4-6(3-1)5-8-7-6/h7H,1-5H2. The van der Waals surface area contributed by atoms with Crippen molar-refractivity contribution >= 4 is 0 Å². The fourth-order valence-corrected chi connectivity index (χ4v) is 1.57. The van der Waals surface area contributed by atoms with E-state index in [0.717, 1.165) is 6.61 Å². The van der Waals surface area contributed by atoms with E-state index in [4.69, 9.17) is 4.84 Å². The minimum Gasteiger partial charge on any atom is -0.299 e. The Kier molecular flexibility index (Phi) is 0.866. The molecule has 0 amide bonds. The summed E-state index contributed by atoms with van der Waals surface area (Å²) in [4.78, 5) is 4.91. The molecule has 2 rings (SSSR count). The molecule has 1 aliphatic heterocycles. The zero-order valence-corrected chi connectivity index (χ0v) is 4.94. The first-order chi connectivity index (χ1) is 3.91. The minimum atomic E-state index is 0.444. The summed E-state index contributed by atoms with van der Waals surface area (Å²) in [7, 11) is 0. The molecule has 0 radical (unpaired) electrons. The first-order valence-electron chi connectivity index (χ1n) is 3.30. The van der Waals surface area contributed by atoms with Crippen LogP contribution in [0.5, 0.6) is 0 Å². The summed E-state index contributed by atoms with van der Waals surface area (Å²) in [6.07, 6.45) is 5.42. The van der Waals surface area contributed by atoms with Crippen LogP contribution in [0.3, 0.4) is 0 Å². The SMILES string of the molecule is C1CCC2(C1)CON2. The van der Waals surface area contributed by atoms with E-state index in [-0.39, 0.29) is 0 Å². The van der Waals surface area contributed by atoms with Crippen molar-refractivity contribution in [2.45, 2.75) is 31.2 Å². The number of hydrogen-bond acceptors (Lipinski definition) is 2. The fraction of sp³-hybridized carbons (Fsp3) is 1.00. The Bertz CT molecular complexity index is 90.7. The molecule has 1 saturated carbocycles. The van der Waals surface area contributed by atoms with Gasteiger partial charge in [-0.05, 0) is 12.8 Å². The van der Waals surface area contributed by atoms with Crippen molar-refractivity contribution in [3.05, 3.63) is 0 Å². The molecular formula is C6H11NO. The van der Waals surface area contributed by atoms with E-state index in [1.54, 1.807) is 0 Å². The largest absolute Gasteiger partial charge is 0.299 e. The Morgan fingerprint density at radius 3 is 2.12 bits per heavy atom. The van der Waals surface area contributed by atoms with Gasteiger partial charge in [0.2, 0.25) is 0 Å². The number of hydrogen-bond donors (Lipinski definition) is 1. The molecule has 2 aliphatic rings. The van der Waals surface area contributed by atoms with Gasteiger partial charge in [0.1, 0.15) is 0 Å². The average Bonchev–Trinajstić information content (AvgIpc) is 2.07. The molecule has 1 spiro atoms. The second kappa shape index (κ2) is 1.45. The monoisotopic (exact) mass is 113 g/mol. The average molecular weight is 113 g/mol. The maximum Gasteiger partial charge on any atom is 0.0886 e. The summed E-state index contributed by atoms with van der Waals surface area (Å²) < 4.78 is 0. The van der Waals surface area contributed by atoms with Crippen LogP contribution in [0.4, 0.5) is 0 Å². The van der Waals surface area contributed by atoms with Gasteiger partial charge in [0, 0.05) is 0 Å². The Hall–Kier alpha value is -0.0800. The quantitative estimate of drug-likeness (QED) is 0.502. The highest BCUT2D eigenvalue weighted by atomic mass is 16.7. The maximum atomic E-state index is 4.91. The topological polar surface area (TPSA) is 21.3 Å². The molecule has 0 atom stereocenters. The molecule has 1 N–H and O–H groups in total. The van der Waals surface area contributed by atoms with E-state index in [9.17, 15) is 0 Å². The van der Waals surface area contributed by atoms with Crippen LogP contribution in [-0.2, 0) is 4.84 Å². The first kappa shape index (κ1) is 4.77. The maximum absolute atomic E-state index is 4.91. The third-order valence-electron chi connectivity index (χ3n) is 2.20. The van der Waals surface area contributed by atoms with Crippen LogP contribution in [0.2, 0.25) is 0 Å². The van der Waals surface area contributed by atoms with Gasteiger partial charge < -0.3 is 0 Å². The molecule has 8 heavy (non-hydrogen) atoms. The van der Waals surface area contributed by atoms with Gasteiger partial charge in [-0.3, -0.25) is 4.84 Å². The van der Waals surface area contributed by atoms with Gasteiger partial charge >= 0.3 is 0 Å². The van der Waals surface area contributed by atoms with Gasteiger partial charge in [0.25, 0.3) is 0 Å². The smallest absolute Gasteiger partial charge is 0.0886 e. The lowest BCUT2D eigenvalue weighted by molar-refractivity contribution is -0.155. The van der Waals surface area contributed by atoms with Crippen LogP contribution >= 0.6 is 0 Å². The highest BCUT2D eigenvalue weighted by Crippen LogP contribution is 2.33. The molecule has 0 aromatic heterocycles. The van der Waals surface area contributed by atoms with E-state index in [1.165, 1.54) is 25.7 Å². The van der Waals surface area contributed by atoms with Crippen LogP contribution < -0.4 is 5.48 Å². The molecule has 1 aliphatic carbocycles. The van der Waals surface area contributed by atoms with Gasteiger partial charge in [-0.25, -0.2) is 0 Å². The molecule has 1 heterocycles. The predicted molar refractivity (Wildman–Crippen MR) is 30.3 cm³/mol. The third-order valence-corrected chi connectivity index (χ3v) is 2.20. The van der Waals surface area contributed by atoms with Gasteiger partial charge in [0.05, 0.1) is 12.1 Å². The number of hydroxylamine groups is 1. The van der Waals surface area contributed by atoms with Crippen molar-refractivity contribution in [3.8, 4) is 0 Å². The van der Waals surface area contributed by atoms with Crippen molar-refractivity contribution in [3.63, 3.8) is 0 Å². The lowest BCUT2D eigenvalue weighted by atomic mass is 9.99. The van der Waals surface area contributed by atoms with Crippen LogP contribution in [0.25, 0.3) is 0 Å². The van der Waals surface area contributed by atoms with Crippen molar-refractivity contribution < 1.29 is 4.84 Å². The van der Waals surface area contributed by atoms with Crippen molar-refractivity contribution in [2.24, 2.45) is 0 Å². The van der Waals surface area contributed by atoms with E-state index >= 15 is 0 Å². The zero-order chi connectivity index (χ0) is 5.45. The van der Waals surface area contributed by atoms with Crippen molar-refractivity contribution in [1.82, 2.24) is 5.48 Å². The summed E-state index contributed by atoms with van der Waals surface area (Å²) >= 11 is 0. The second-order valence-electron chi connectivity index (χ2n) is 2.88. The Balaban J connectivity index is 2.01. The summed E-state index contributed by atoms with van der Waals surface area (Å²) in [5.41, 5.74) is 3.47. The molecule has 0 aromatic rings. The summed E-state index contributed by atoms with van der Waals surface area (Å²) in [6.45, 7) is 0.951. The van der Waals surface area contributed by atoms with Crippen LogP contribution in [0, 0.1) is 0 Å². The third kappa shape index (κ3) is 0.501. The predicted octanol–water partition coefficient (Wildman–Crippen LogP) is 0.834. The molecular weight excluding hydrogens is 102 g/mol. The lowest BCUT2D eigenvalue weighted by Crippen LogP contribution is -2.57. The van der Waals surface area contributed by atoms with E-state index in [0.29, 0.717) is 5.54 Å². The summed E-state index contributed by atoms with van der Waals surface area (Å²) in [6, 6.07) is 0. The van der Waals surface area contributed by atoms with Crippen LogP contribution in [0.1, 0.15) is 25.7 Å². The van der Waals surface area contributed by atoms with E-state index in [1.807, 2.05) is 0 Å². The Morgan fingerprint density at radius 2 is 1.88 bits per heavy atom. The lowest BCUT2D eigenvalue weighted by Gasteiger charge is -2.38. The Morgan fingerprint density at radius 1 is 1.25 bits per heavy atom. The number of rotatable bonds is 0. The molecule has 2 fully saturated rings. The van der Waals surface area contributed by atoms with Crippen molar-refractivity contribution in [2.75, 3.05) is 6.61 Å². The molecule has 2 nitrogen and oxygen atoms in total. The normalized spacial score (nSPS) is 33.0. The van der Waals surface area contributed by atoms with Crippen LogP contribution in [-0.4, -0.2) is 12.1 Å². The Labute approximate surface area is 49.2 Å². The van der Waals surface area contributed by atoms with Crippen LogP contribution in [0.15, 0.2) is 0 Å². The van der Waals surface area contributed by atoms with Gasteiger partial charge in [-0.2, -0.15) is 5.48 Å². The van der Waals surface area contributed by atoms with Gasteiger partial charge in [-0.15, -0.1) is 0 Å². The molecule has 0 aromatic carbocycles. The molecule has 2 heteroatoms. The summed E-state index contributed by atoms with van der Waals surface area (Å²) in [5.74, 6) is 0. The summed E-state index contributed by atoms with van der Waals surface area (Å²) in [5, 5.41) is 0. The van der Waals surface area contributed by atoms with E-state index < -0.39 is 0 Å². The zero-order valence-electron chi connectivity index (χ0n) is 4.94. The van der Waals surface area contributed by atoms with E-state index in [2.05, 4.69) is 5.48 Å². The van der Waals surface area contributed by atoms with Crippen molar-refractivity contribution in [1.29, 1.82) is 0 Å². The molecule has 46 valence electrons. The highest BCUT2D eigenvalue weighted by Gasteiger charge is 2.40.